The first-order chi connectivity index (χ1) is 11.7. The fourth-order valence-corrected chi connectivity index (χ4v) is 4.18. The van der Waals surface area contributed by atoms with E-state index >= 15 is 0 Å². The van der Waals surface area contributed by atoms with Crippen LogP contribution in [-0.2, 0) is 0 Å². The molecular weight excluding hydrogens is 298 g/mol. The van der Waals surface area contributed by atoms with Gasteiger partial charge < -0.3 is 10.3 Å². The lowest BCUT2D eigenvalue weighted by molar-refractivity contribution is 0.333. The van der Waals surface area contributed by atoms with Gasteiger partial charge in [0.25, 0.3) is 0 Å². The Balaban J connectivity index is 1.65. The summed E-state index contributed by atoms with van der Waals surface area (Å²) in [5.41, 5.74) is 7.66. The molecule has 2 aliphatic rings. The standard InChI is InChI=1S/C19H25N5/c1-13-5-4-6-14(11-13)9-10-16-22-18(20)17-19(23-16)24(12-21-17)15-7-2-3-8-15/h12-15H,2-8,11H2,1H3,(H2,20,22,23)/t13-,14?/m1/s1. The van der Waals surface area contributed by atoms with Crippen molar-refractivity contribution in [1.82, 2.24) is 19.5 Å². The molecule has 2 N–H and O–H groups in total. The van der Waals surface area contributed by atoms with E-state index in [2.05, 4.69) is 38.3 Å². The average molecular weight is 323 g/mol. The van der Waals surface area contributed by atoms with Crippen molar-refractivity contribution in [2.45, 2.75) is 64.3 Å². The van der Waals surface area contributed by atoms with Crippen LogP contribution in [0.1, 0.15) is 70.2 Å². The number of nitrogens with two attached hydrogens (primary N) is 1. The van der Waals surface area contributed by atoms with E-state index in [1.165, 1.54) is 51.4 Å². The van der Waals surface area contributed by atoms with Crippen molar-refractivity contribution in [1.29, 1.82) is 0 Å². The molecule has 0 saturated heterocycles. The highest BCUT2D eigenvalue weighted by Crippen LogP contribution is 2.32. The van der Waals surface area contributed by atoms with Gasteiger partial charge in [0.05, 0.1) is 6.33 Å². The van der Waals surface area contributed by atoms with Gasteiger partial charge in [-0.1, -0.05) is 38.5 Å². The first-order valence-electron chi connectivity index (χ1n) is 9.22. The summed E-state index contributed by atoms with van der Waals surface area (Å²) in [5, 5.41) is 0. The molecule has 0 radical (unpaired) electrons. The van der Waals surface area contributed by atoms with Gasteiger partial charge in [0.15, 0.2) is 11.5 Å². The number of aromatic nitrogens is 4. The Hall–Kier alpha value is -2.09. The van der Waals surface area contributed by atoms with Gasteiger partial charge in [-0.25, -0.2) is 15.0 Å². The van der Waals surface area contributed by atoms with E-state index in [-0.39, 0.29) is 0 Å². The highest BCUT2D eigenvalue weighted by atomic mass is 15.2. The third-order valence-corrected chi connectivity index (χ3v) is 5.49. The average Bonchev–Trinajstić information content (AvgIpc) is 3.22. The van der Waals surface area contributed by atoms with Gasteiger partial charge >= 0.3 is 0 Å². The summed E-state index contributed by atoms with van der Waals surface area (Å²) < 4.78 is 2.17. The molecule has 0 aromatic carbocycles. The third-order valence-electron chi connectivity index (χ3n) is 5.49. The monoisotopic (exact) mass is 323 g/mol. The van der Waals surface area contributed by atoms with Crippen LogP contribution in [0.2, 0.25) is 0 Å². The smallest absolute Gasteiger partial charge is 0.208 e. The lowest BCUT2D eigenvalue weighted by Crippen LogP contribution is -2.11. The van der Waals surface area contributed by atoms with Crippen LogP contribution in [0.15, 0.2) is 6.33 Å². The number of hydrogen-bond acceptors (Lipinski definition) is 4. The van der Waals surface area contributed by atoms with Gasteiger partial charge in [0.1, 0.15) is 5.52 Å². The van der Waals surface area contributed by atoms with Crippen LogP contribution in [0.25, 0.3) is 11.2 Å². The van der Waals surface area contributed by atoms with Gasteiger partial charge in [-0.2, -0.15) is 0 Å². The zero-order valence-corrected chi connectivity index (χ0v) is 14.3. The molecule has 1 unspecified atom stereocenters. The molecule has 0 amide bonds. The van der Waals surface area contributed by atoms with E-state index in [1.54, 1.807) is 0 Å². The van der Waals surface area contributed by atoms with E-state index < -0.39 is 0 Å². The van der Waals surface area contributed by atoms with E-state index in [1.807, 2.05) is 6.33 Å². The summed E-state index contributed by atoms with van der Waals surface area (Å²) in [6, 6.07) is 0.490. The molecule has 2 aromatic rings. The quantitative estimate of drug-likeness (QED) is 0.812. The number of nitrogens with zero attached hydrogens (tertiary/aromatic N) is 4. The van der Waals surface area contributed by atoms with Crippen molar-refractivity contribution in [3.63, 3.8) is 0 Å². The third kappa shape index (κ3) is 2.98. The Kier molecular flexibility index (Phi) is 4.13. The van der Waals surface area contributed by atoms with E-state index in [0.29, 0.717) is 29.1 Å². The van der Waals surface area contributed by atoms with Crippen molar-refractivity contribution in [3.05, 3.63) is 12.2 Å². The SMILES string of the molecule is C[C@@H]1CCCC(C#Cc2nc(N)c3ncn(C4CCCC4)c3n2)C1. The Bertz CT molecular complexity index is 791. The summed E-state index contributed by atoms with van der Waals surface area (Å²) in [5.74, 6) is 8.79. The minimum atomic E-state index is 0.443. The highest BCUT2D eigenvalue weighted by Gasteiger charge is 2.21. The van der Waals surface area contributed by atoms with E-state index in [0.717, 1.165) is 11.6 Å². The molecule has 0 spiro atoms. The summed E-state index contributed by atoms with van der Waals surface area (Å²) in [6.45, 7) is 2.31. The number of anilines is 1. The summed E-state index contributed by atoms with van der Waals surface area (Å²) in [4.78, 5) is 13.5. The molecule has 2 saturated carbocycles. The topological polar surface area (TPSA) is 69.6 Å². The zero-order chi connectivity index (χ0) is 16.5. The number of hydrogen-bond donors (Lipinski definition) is 1. The molecule has 2 aromatic heterocycles. The highest BCUT2D eigenvalue weighted by molar-refractivity contribution is 5.82. The molecule has 5 heteroatoms. The molecule has 5 nitrogen and oxygen atoms in total. The van der Waals surface area contributed by atoms with E-state index in [4.69, 9.17) is 5.73 Å². The van der Waals surface area contributed by atoms with Crippen molar-refractivity contribution in [2.75, 3.05) is 5.73 Å². The lowest BCUT2D eigenvalue weighted by atomic mass is 9.83. The molecule has 4 rings (SSSR count). The first-order valence-corrected chi connectivity index (χ1v) is 9.22. The first kappa shape index (κ1) is 15.4. The van der Waals surface area contributed by atoms with Crippen molar-refractivity contribution in [3.8, 4) is 11.8 Å². The van der Waals surface area contributed by atoms with Gasteiger partial charge in [-0.05, 0) is 37.5 Å². The fourth-order valence-electron chi connectivity index (χ4n) is 4.18. The number of fused-ring (bicyclic) bond motifs is 1. The van der Waals surface area contributed by atoms with E-state index in [9.17, 15) is 0 Å². The largest absolute Gasteiger partial charge is 0.382 e. The molecular formula is C19H25N5. The number of rotatable bonds is 1. The minimum absolute atomic E-state index is 0.443. The van der Waals surface area contributed by atoms with Crippen molar-refractivity contribution >= 4 is 17.0 Å². The van der Waals surface area contributed by atoms with Gasteiger partial charge in [0.2, 0.25) is 5.82 Å². The maximum Gasteiger partial charge on any atom is 0.208 e. The molecule has 2 fully saturated rings. The predicted molar refractivity (Wildman–Crippen MR) is 95.2 cm³/mol. The van der Waals surface area contributed by atoms with Crippen LogP contribution in [0.3, 0.4) is 0 Å². The Labute approximate surface area is 143 Å². The maximum atomic E-state index is 6.11. The van der Waals surface area contributed by atoms with Crippen LogP contribution in [-0.4, -0.2) is 19.5 Å². The second kappa shape index (κ2) is 6.43. The molecule has 0 bridgehead atoms. The Morgan fingerprint density at radius 2 is 1.96 bits per heavy atom. The minimum Gasteiger partial charge on any atom is -0.382 e. The second-order valence-electron chi connectivity index (χ2n) is 7.43. The second-order valence-corrected chi connectivity index (χ2v) is 7.43. The maximum absolute atomic E-state index is 6.11. The van der Waals surface area contributed by atoms with Gasteiger partial charge in [0, 0.05) is 12.0 Å². The van der Waals surface area contributed by atoms with Crippen molar-refractivity contribution < 1.29 is 0 Å². The molecule has 2 heterocycles. The molecule has 0 aliphatic heterocycles. The van der Waals surface area contributed by atoms with Crippen LogP contribution in [0.4, 0.5) is 5.82 Å². The summed E-state index contributed by atoms with van der Waals surface area (Å²) in [6.07, 6.45) is 11.8. The Morgan fingerprint density at radius 1 is 1.12 bits per heavy atom. The summed E-state index contributed by atoms with van der Waals surface area (Å²) in [7, 11) is 0. The summed E-state index contributed by atoms with van der Waals surface area (Å²) >= 11 is 0. The molecule has 126 valence electrons. The van der Waals surface area contributed by atoms with Crippen LogP contribution in [0.5, 0.6) is 0 Å². The molecule has 24 heavy (non-hydrogen) atoms. The number of imidazole rings is 1. The van der Waals surface area contributed by atoms with Crippen LogP contribution >= 0.6 is 0 Å². The van der Waals surface area contributed by atoms with Crippen molar-refractivity contribution in [2.24, 2.45) is 11.8 Å². The molecule has 2 atom stereocenters. The van der Waals surface area contributed by atoms with Gasteiger partial charge in [-0.15, -0.1) is 0 Å². The Morgan fingerprint density at radius 3 is 2.75 bits per heavy atom. The van der Waals surface area contributed by atoms with Crippen LogP contribution in [0, 0.1) is 23.7 Å². The fraction of sp³-hybridized carbons (Fsp3) is 0.632. The van der Waals surface area contributed by atoms with Crippen LogP contribution < -0.4 is 5.73 Å². The predicted octanol–water partition coefficient (Wildman–Crippen LogP) is 3.70. The zero-order valence-electron chi connectivity index (χ0n) is 14.3. The number of nitrogen functional groups attached to an aromatic ring is 1. The molecule has 2 aliphatic carbocycles. The lowest BCUT2D eigenvalue weighted by Gasteiger charge is -2.22. The van der Waals surface area contributed by atoms with Gasteiger partial charge in [-0.3, -0.25) is 0 Å². The normalized spacial score (nSPS) is 24.9.